The minimum Gasteiger partial charge on any atom is -0.0616 e. The summed E-state index contributed by atoms with van der Waals surface area (Å²) in [5.74, 6) is 0. The molecule has 11 aromatic rings. The first kappa shape index (κ1) is 29.5. The third kappa shape index (κ3) is 4.26. The van der Waals surface area contributed by atoms with Gasteiger partial charge < -0.3 is 0 Å². The van der Waals surface area contributed by atoms with Gasteiger partial charge in [0.2, 0.25) is 0 Å². The van der Waals surface area contributed by atoms with Crippen molar-refractivity contribution in [2.24, 2.45) is 0 Å². The minimum absolute atomic E-state index is 1.23. The average Bonchev–Trinajstić information content (AvgIpc) is 3.57. The van der Waals surface area contributed by atoms with Crippen molar-refractivity contribution >= 4 is 64.6 Å². The first-order chi connectivity index (χ1) is 26.8. The molecule has 0 radical (unpaired) electrons. The largest absolute Gasteiger partial charge is 0.0616 e. The third-order valence-electron chi connectivity index (χ3n) is 11.9. The predicted molar refractivity (Wildman–Crippen MR) is 232 cm³/mol. The van der Waals surface area contributed by atoms with Gasteiger partial charge in [-0.25, -0.2) is 0 Å². The Morgan fingerprint density at radius 2 is 0.667 bits per heavy atom. The fraction of sp³-hybridized carbons (Fsp3) is 0. The molecule has 0 atom stereocenters. The van der Waals surface area contributed by atoms with Gasteiger partial charge in [-0.15, -0.1) is 0 Å². The van der Waals surface area contributed by atoms with Crippen molar-refractivity contribution in [1.29, 1.82) is 0 Å². The molecule has 0 spiro atoms. The highest BCUT2D eigenvalue weighted by molar-refractivity contribution is 6.24. The Kier molecular flexibility index (Phi) is 6.15. The molecular weight excluding hydrogens is 649 g/mol. The minimum atomic E-state index is 1.23. The van der Waals surface area contributed by atoms with Crippen LogP contribution in [0.4, 0.5) is 0 Å². The van der Waals surface area contributed by atoms with Crippen LogP contribution in [0, 0.1) is 0 Å². The van der Waals surface area contributed by atoms with Crippen LogP contribution in [-0.2, 0) is 0 Å². The number of hydrogen-bond donors (Lipinski definition) is 0. The lowest BCUT2D eigenvalue weighted by molar-refractivity contribution is 1.65. The highest BCUT2D eigenvalue weighted by atomic mass is 14.3. The zero-order valence-corrected chi connectivity index (χ0v) is 29.5. The van der Waals surface area contributed by atoms with Gasteiger partial charge in [-0.05, 0) is 151 Å². The van der Waals surface area contributed by atoms with Crippen LogP contribution in [0.5, 0.6) is 0 Å². The molecule has 0 N–H and O–H groups in total. The lowest BCUT2D eigenvalue weighted by Crippen LogP contribution is -1.89. The van der Waals surface area contributed by atoms with Crippen LogP contribution < -0.4 is 0 Å². The molecule has 11 aromatic carbocycles. The van der Waals surface area contributed by atoms with E-state index >= 15 is 0 Å². The average molecular weight is 681 g/mol. The van der Waals surface area contributed by atoms with Crippen LogP contribution in [0.2, 0.25) is 0 Å². The van der Waals surface area contributed by atoms with Crippen LogP contribution in [0.3, 0.4) is 0 Å². The van der Waals surface area contributed by atoms with Gasteiger partial charge in [0.1, 0.15) is 0 Å². The Labute approximate surface area is 313 Å². The second-order valence-corrected chi connectivity index (χ2v) is 14.8. The lowest BCUT2D eigenvalue weighted by atomic mass is 9.87. The summed E-state index contributed by atoms with van der Waals surface area (Å²) in [6, 6.07) is 72.4. The summed E-state index contributed by atoms with van der Waals surface area (Å²) in [6.45, 7) is 0. The van der Waals surface area contributed by atoms with E-state index < -0.39 is 0 Å². The Bertz CT molecular complexity index is 3340. The summed E-state index contributed by atoms with van der Waals surface area (Å²) in [5, 5.41) is 15.4. The Morgan fingerprint density at radius 3 is 1.43 bits per heavy atom. The van der Waals surface area contributed by atoms with Crippen LogP contribution in [0.1, 0.15) is 0 Å². The van der Waals surface area contributed by atoms with Crippen molar-refractivity contribution in [1.82, 2.24) is 0 Å². The summed E-state index contributed by atoms with van der Waals surface area (Å²) in [4.78, 5) is 0. The van der Waals surface area contributed by atoms with Crippen molar-refractivity contribution < 1.29 is 0 Å². The van der Waals surface area contributed by atoms with E-state index in [9.17, 15) is 0 Å². The van der Waals surface area contributed by atoms with E-state index in [4.69, 9.17) is 0 Å². The predicted octanol–water partition coefficient (Wildman–Crippen LogP) is 15.3. The van der Waals surface area contributed by atoms with Gasteiger partial charge in [0.05, 0.1) is 0 Å². The highest BCUT2D eigenvalue weighted by Crippen LogP contribution is 2.49. The van der Waals surface area contributed by atoms with Crippen molar-refractivity contribution in [3.8, 4) is 55.6 Å². The Balaban J connectivity index is 1.02. The second kappa shape index (κ2) is 11.2. The van der Waals surface area contributed by atoms with Gasteiger partial charge in [0, 0.05) is 0 Å². The van der Waals surface area contributed by atoms with Crippen molar-refractivity contribution in [3.05, 3.63) is 194 Å². The van der Waals surface area contributed by atoms with Gasteiger partial charge >= 0.3 is 0 Å². The molecule has 0 fully saturated rings. The maximum atomic E-state index is 2.42. The number of fused-ring (bicyclic) bond motifs is 10. The molecule has 0 saturated heterocycles. The zero-order valence-electron chi connectivity index (χ0n) is 29.5. The molecular formula is C54H32. The first-order valence-electron chi connectivity index (χ1n) is 18.8. The smallest absolute Gasteiger partial charge is 0.00201 e. The fourth-order valence-electron chi connectivity index (χ4n) is 9.45. The molecule has 0 bridgehead atoms. The third-order valence-corrected chi connectivity index (χ3v) is 11.9. The van der Waals surface area contributed by atoms with Gasteiger partial charge in [-0.2, -0.15) is 0 Å². The molecule has 248 valence electrons. The molecule has 0 heteroatoms. The van der Waals surface area contributed by atoms with Gasteiger partial charge in [0.15, 0.2) is 0 Å². The molecule has 0 saturated carbocycles. The molecule has 12 rings (SSSR count). The summed E-state index contributed by atoms with van der Waals surface area (Å²) in [7, 11) is 0. The number of benzene rings is 11. The highest BCUT2D eigenvalue weighted by Gasteiger charge is 2.22. The normalized spacial score (nSPS) is 12.1. The molecule has 54 heavy (non-hydrogen) atoms. The summed E-state index contributed by atoms with van der Waals surface area (Å²) in [5.41, 5.74) is 12.9. The van der Waals surface area contributed by atoms with E-state index in [1.54, 1.807) is 0 Å². The fourth-order valence-corrected chi connectivity index (χ4v) is 9.45. The number of rotatable bonds is 3. The van der Waals surface area contributed by atoms with E-state index in [0.717, 1.165) is 0 Å². The molecule has 1 aliphatic carbocycles. The topological polar surface area (TPSA) is 0 Å². The van der Waals surface area contributed by atoms with Gasteiger partial charge in [-0.1, -0.05) is 164 Å². The molecule has 0 heterocycles. The van der Waals surface area contributed by atoms with Crippen molar-refractivity contribution in [2.75, 3.05) is 0 Å². The van der Waals surface area contributed by atoms with E-state index in [0.29, 0.717) is 0 Å². The summed E-state index contributed by atoms with van der Waals surface area (Å²) < 4.78 is 0. The molecule has 0 unspecified atom stereocenters. The van der Waals surface area contributed by atoms with Crippen LogP contribution in [0.25, 0.3) is 120 Å². The van der Waals surface area contributed by atoms with Crippen molar-refractivity contribution in [3.63, 3.8) is 0 Å². The second-order valence-electron chi connectivity index (χ2n) is 14.8. The Morgan fingerprint density at radius 1 is 0.185 bits per heavy atom. The zero-order chi connectivity index (χ0) is 35.3. The van der Waals surface area contributed by atoms with Crippen LogP contribution in [0.15, 0.2) is 194 Å². The van der Waals surface area contributed by atoms with Crippen LogP contribution in [-0.4, -0.2) is 0 Å². The van der Waals surface area contributed by atoms with E-state index in [1.807, 2.05) is 0 Å². The maximum Gasteiger partial charge on any atom is -0.00201 e. The SMILES string of the molecule is c1ccc2c(c1)-c1cccc3c(-c4ccc5cc(-c6cc(-c7cc8ccccc8c8c7ccc7ccccc78)cc7ccccc67)ccc5c4)ccc-2c13. The molecule has 1 aliphatic rings. The standard InChI is InChI=1S/C54H32/c1-5-14-43-33(10-1)24-25-50-52(31-37-12-3-6-15-44(37)53(43)50)40-30-36-11-2-4-13-41(36)51(32-40)39-23-21-34-28-38(22-20-35(34)29-39)42-26-27-49-46-17-8-7-16-45(46)48-19-9-18-47(42)54(48)49/h1-32H. The molecule has 0 aliphatic heterocycles. The van der Waals surface area contributed by atoms with Crippen molar-refractivity contribution in [2.45, 2.75) is 0 Å². The quantitative estimate of drug-likeness (QED) is 0.163. The van der Waals surface area contributed by atoms with E-state index in [2.05, 4.69) is 194 Å². The van der Waals surface area contributed by atoms with Gasteiger partial charge in [0.25, 0.3) is 0 Å². The maximum absolute atomic E-state index is 2.42. The lowest BCUT2D eigenvalue weighted by Gasteiger charge is -2.16. The summed E-state index contributed by atoms with van der Waals surface area (Å²) >= 11 is 0. The number of hydrogen-bond acceptors (Lipinski definition) is 0. The monoisotopic (exact) mass is 680 g/mol. The summed E-state index contributed by atoms with van der Waals surface area (Å²) in [6.07, 6.45) is 0. The first-order valence-corrected chi connectivity index (χ1v) is 18.8. The molecule has 0 aromatic heterocycles. The Hall–Kier alpha value is -7.02. The van der Waals surface area contributed by atoms with E-state index in [-0.39, 0.29) is 0 Å². The van der Waals surface area contributed by atoms with E-state index in [1.165, 1.54) is 120 Å². The van der Waals surface area contributed by atoms with Crippen LogP contribution >= 0.6 is 0 Å². The molecule has 0 amide bonds. The molecule has 0 nitrogen and oxygen atoms in total. The van der Waals surface area contributed by atoms with Gasteiger partial charge in [-0.3, -0.25) is 0 Å².